The molecule has 108 valence electrons. The molecule has 19 heavy (non-hydrogen) atoms. The number of hydrogen-bond donors (Lipinski definition) is 0. The van der Waals surface area contributed by atoms with Crippen LogP contribution in [0.2, 0.25) is 25.7 Å². The van der Waals surface area contributed by atoms with Gasteiger partial charge in [-0.25, -0.2) is 4.68 Å². The van der Waals surface area contributed by atoms with Crippen molar-refractivity contribution in [2.24, 2.45) is 0 Å². The average Bonchev–Trinajstić information content (AvgIpc) is 2.72. The second-order valence-electron chi connectivity index (χ2n) is 6.87. The lowest BCUT2D eigenvalue weighted by Crippen LogP contribution is -2.22. The van der Waals surface area contributed by atoms with Crippen LogP contribution in [0, 0.1) is 0 Å². The Morgan fingerprint density at radius 3 is 2.68 bits per heavy atom. The summed E-state index contributed by atoms with van der Waals surface area (Å²) < 4.78 is 7.45. The lowest BCUT2D eigenvalue weighted by Gasteiger charge is -2.19. The quantitative estimate of drug-likeness (QED) is 0.418. The third-order valence-electron chi connectivity index (χ3n) is 3.23. The molecule has 0 saturated carbocycles. The van der Waals surface area contributed by atoms with Crippen molar-refractivity contribution in [1.82, 2.24) is 9.78 Å². The summed E-state index contributed by atoms with van der Waals surface area (Å²) in [6.07, 6.45) is 5.26. The Morgan fingerprint density at radius 2 is 2.11 bits per heavy atom. The monoisotopic (exact) mass is 282 g/mol. The zero-order valence-electron chi connectivity index (χ0n) is 12.8. The number of aldehydes is 1. The molecular weight excluding hydrogens is 256 g/mol. The topological polar surface area (TPSA) is 44.1 Å². The summed E-state index contributed by atoms with van der Waals surface area (Å²) in [6.45, 7) is 12.4. The average molecular weight is 282 g/mol. The Morgan fingerprint density at radius 1 is 1.42 bits per heavy atom. The summed E-state index contributed by atoms with van der Waals surface area (Å²) in [6, 6.07) is 1.16. The standard InChI is InChI=1S/C14H26N2O2Si/c1-14(2,6-7-17)13-10-15-16(11-13)12-18-8-9-19(3,4)5/h7,10-11H,6,8-9,12H2,1-5H3. The number of rotatable bonds is 8. The molecule has 0 spiro atoms. The second kappa shape index (κ2) is 6.48. The molecule has 5 heteroatoms. The molecule has 1 aromatic rings. The molecule has 0 aromatic carbocycles. The van der Waals surface area contributed by atoms with E-state index in [1.54, 1.807) is 4.68 Å². The van der Waals surface area contributed by atoms with Gasteiger partial charge in [-0.1, -0.05) is 33.5 Å². The molecule has 0 aliphatic heterocycles. The highest BCUT2D eigenvalue weighted by Crippen LogP contribution is 2.25. The van der Waals surface area contributed by atoms with Gasteiger partial charge in [0.05, 0.1) is 6.20 Å². The molecule has 0 atom stereocenters. The van der Waals surface area contributed by atoms with Crippen LogP contribution in [0.15, 0.2) is 12.4 Å². The molecule has 0 bridgehead atoms. The first kappa shape index (κ1) is 16.1. The van der Waals surface area contributed by atoms with E-state index >= 15 is 0 Å². The van der Waals surface area contributed by atoms with Crippen LogP contribution >= 0.6 is 0 Å². The maximum absolute atomic E-state index is 10.7. The van der Waals surface area contributed by atoms with Gasteiger partial charge in [-0.15, -0.1) is 0 Å². The fourth-order valence-corrected chi connectivity index (χ4v) is 2.40. The summed E-state index contributed by atoms with van der Waals surface area (Å²) in [7, 11) is -1.02. The zero-order chi connectivity index (χ0) is 14.5. The Labute approximate surface area is 117 Å². The Bertz CT molecular complexity index is 408. The summed E-state index contributed by atoms with van der Waals surface area (Å²) in [5.41, 5.74) is 0.923. The van der Waals surface area contributed by atoms with Gasteiger partial charge in [0.2, 0.25) is 0 Å². The number of hydrogen-bond acceptors (Lipinski definition) is 3. The van der Waals surface area contributed by atoms with Crippen LogP contribution in [-0.2, 0) is 21.7 Å². The third kappa shape index (κ3) is 5.70. The van der Waals surface area contributed by atoms with Gasteiger partial charge >= 0.3 is 0 Å². The smallest absolute Gasteiger partial charge is 0.139 e. The van der Waals surface area contributed by atoms with E-state index in [4.69, 9.17) is 4.74 Å². The van der Waals surface area contributed by atoms with Crippen LogP contribution in [0.4, 0.5) is 0 Å². The van der Waals surface area contributed by atoms with Crippen LogP contribution in [0.5, 0.6) is 0 Å². The fourth-order valence-electron chi connectivity index (χ4n) is 1.65. The van der Waals surface area contributed by atoms with E-state index in [0.717, 1.165) is 24.5 Å². The van der Waals surface area contributed by atoms with Gasteiger partial charge in [0.1, 0.15) is 13.0 Å². The Balaban J connectivity index is 2.45. The molecule has 0 fully saturated rings. The number of ether oxygens (including phenoxy) is 1. The first-order chi connectivity index (χ1) is 8.74. The highest BCUT2D eigenvalue weighted by atomic mass is 28.3. The maximum Gasteiger partial charge on any atom is 0.139 e. The Kier molecular flexibility index (Phi) is 5.49. The first-order valence-corrected chi connectivity index (χ1v) is 10.5. The van der Waals surface area contributed by atoms with Gasteiger partial charge in [-0.05, 0) is 17.0 Å². The van der Waals surface area contributed by atoms with Crippen LogP contribution in [0.1, 0.15) is 25.8 Å². The zero-order valence-corrected chi connectivity index (χ0v) is 13.8. The van der Waals surface area contributed by atoms with E-state index in [2.05, 4.69) is 38.6 Å². The summed E-state index contributed by atoms with van der Waals surface area (Å²) >= 11 is 0. The van der Waals surface area contributed by atoms with Gasteiger partial charge in [-0.3, -0.25) is 0 Å². The van der Waals surface area contributed by atoms with Gasteiger partial charge in [0.15, 0.2) is 0 Å². The molecule has 1 heterocycles. The van der Waals surface area contributed by atoms with Crippen LogP contribution in [0.25, 0.3) is 0 Å². The van der Waals surface area contributed by atoms with Crippen molar-refractivity contribution in [3.05, 3.63) is 18.0 Å². The van der Waals surface area contributed by atoms with E-state index in [9.17, 15) is 4.79 Å². The predicted molar refractivity (Wildman–Crippen MR) is 80.0 cm³/mol. The molecule has 4 nitrogen and oxygen atoms in total. The third-order valence-corrected chi connectivity index (χ3v) is 4.93. The predicted octanol–water partition coefficient (Wildman–Crippen LogP) is 3.06. The minimum Gasteiger partial charge on any atom is -0.360 e. The maximum atomic E-state index is 10.7. The number of carbonyl (C=O) groups excluding carboxylic acids is 1. The fraction of sp³-hybridized carbons (Fsp3) is 0.714. The summed E-state index contributed by atoms with van der Waals surface area (Å²) in [5, 5.41) is 4.29. The largest absolute Gasteiger partial charge is 0.360 e. The highest BCUT2D eigenvalue weighted by molar-refractivity contribution is 6.76. The van der Waals surface area contributed by atoms with E-state index in [1.165, 1.54) is 0 Å². The molecule has 1 rings (SSSR count). The van der Waals surface area contributed by atoms with Crippen molar-refractivity contribution in [3.8, 4) is 0 Å². The van der Waals surface area contributed by atoms with Gasteiger partial charge in [0.25, 0.3) is 0 Å². The van der Waals surface area contributed by atoms with Crippen molar-refractivity contribution in [2.75, 3.05) is 6.61 Å². The highest BCUT2D eigenvalue weighted by Gasteiger charge is 2.21. The lowest BCUT2D eigenvalue weighted by atomic mass is 9.84. The number of aromatic nitrogens is 2. The van der Waals surface area contributed by atoms with Crippen molar-refractivity contribution >= 4 is 14.4 Å². The molecule has 0 aliphatic carbocycles. The lowest BCUT2D eigenvalue weighted by molar-refractivity contribution is -0.108. The van der Waals surface area contributed by atoms with Gasteiger partial charge in [-0.2, -0.15) is 5.10 Å². The van der Waals surface area contributed by atoms with Crippen molar-refractivity contribution < 1.29 is 9.53 Å². The van der Waals surface area contributed by atoms with Crippen LogP contribution in [-0.4, -0.2) is 30.7 Å². The van der Waals surface area contributed by atoms with E-state index in [0.29, 0.717) is 13.2 Å². The molecule has 0 saturated heterocycles. The van der Waals surface area contributed by atoms with Gasteiger partial charge < -0.3 is 9.53 Å². The molecule has 0 N–H and O–H groups in total. The molecule has 0 radical (unpaired) electrons. The minimum atomic E-state index is -1.02. The number of carbonyl (C=O) groups is 1. The SMILES string of the molecule is CC(C)(CC=O)c1cnn(COCC[Si](C)(C)C)c1. The van der Waals surface area contributed by atoms with Crippen molar-refractivity contribution in [2.45, 2.75) is 58.1 Å². The van der Waals surface area contributed by atoms with Crippen LogP contribution in [0.3, 0.4) is 0 Å². The van der Waals surface area contributed by atoms with Crippen LogP contribution < -0.4 is 0 Å². The van der Waals surface area contributed by atoms with Crippen molar-refractivity contribution in [1.29, 1.82) is 0 Å². The van der Waals surface area contributed by atoms with E-state index in [-0.39, 0.29) is 5.41 Å². The van der Waals surface area contributed by atoms with Crippen molar-refractivity contribution in [3.63, 3.8) is 0 Å². The van der Waals surface area contributed by atoms with E-state index < -0.39 is 8.07 Å². The molecule has 1 aromatic heterocycles. The molecule has 0 unspecified atom stereocenters. The molecule has 0 amide bonds. The minimum absolute atomic E-state index is 0.154. The van der Waals surface area contributed by atoms with Gasteiger partial charge in [0, 0.05) is 27.3 Å². The summed E-state index contributed by atoms with van der Waals surface area (Å²) in [5.74, 6) is 0. The Hall–Kier alpha value is -0.943. The first-order valence-electron chi connectivity index (χ1n) is 6.79. The molecular formula is C14H26N2O2Si. The normalized spacial score (nSPS) is 12.7. The number of nitrogens with zero attached hydrogens (tertiary/aromatic N) is 2. The summed E-state index contributed by atoms with van der Waals surface area (Å²) in [4.78, 5) is 10.7. The second-order valence-corrected chi connectivity index (χ2v) is 12.5. The van der Waals surface area contributed by atoms with E-state index in [1.807, 2.05) is 12.4 Å². The molecule has 0 aliphatic rings.